The van der Waals surface area contributed by atoms with Crippen molar-refractivity contribution in [2.75, 3.05) is 0 Å². The second-order valence-corrected chi connectivity index (χ2v) is 4.81. The molecule has 0 aliphatic heterocycles. The third-order valence-electron chi connectivity index (χ3n) is 2.97. The number of hydrogen-bond acceptors (Lipinski definition) is 3. The predicted octanol–water partition coefficient (Wildman–Crippen LogP) is 3.44. The maximum atomic E-state index is 12.4. The summed E-state index contributed by atoms with van der Waals surface area (Å²) in [5.41, 5.74) is 0.445. The highest BCUT2D eigenvalue weighted by molar-refractivity contribution is 5.38. The van der Waals surface area contributed by atoms with Gasteiger partial charge in [-0.15, -0.1) is 13.2 Å². The van der Waals surface area contributed by atoms with Gasteiger partial charge in [0.25, 0.3) is 0 Å². The first kappa shape index (κ1) is 15.4. The molecule has 7 heteroatoms. The van der Waals surface area contributed by atoms with Gasteiger partial charge >= 0.3 is 6.36 Å². The lowest BCUT2D eigenvalue weighted by atomic mass is 10.1. The summed E-state index contributed by atoms with van der Waals surface area (Å²) in [5.74, 6) is -0.422. The quantitative estimate of drug-likeness (QED) is 0.941. The lowest BCUT2D eigenvalue weighted by Gasteiger charge is -2.19. The molecule has 2 rings (SSSR count). The number of imidazole rings is 1. The van der Waals surface area contributed by atoms with Crippen LogP contribution in [0.25, 0.3) is 0 Å². The van der Waals surface area contributed by atoms with Crippen LogP contribution in [0.1, 0.15) is 37.3 Å². The van der Waals surface area contributed by atoms with Gasteiger partial charge in [-0.3, -0.25) is 0 Å². The Labute approximate surface area is 119 Å². The van der Waals surface area contributed by atoms with E-state index in [2.05, 4.69) is 9.72 Å². The molecule has 114 valence electrons. The molecule has 0 amide bonds. The lowest BCUT2D eigenvalue weighted by molar-refractivity contribution is -0.275. The number of hydrogen-bond donors (Lipinski definition) is 1. The number of rotatable bonds is 4. The second-order valence-electron chi connectivity index (χ2n) is 4.81. The van der Waals surface area contributed by atoms with Crippen LogP contribution in [0.3, 0.4) is 0 Å². The van der Waals surface area contributed by atoms with Gasteiger partial charge in [0.2, 0.25) is 0 Å². The van der Waals surface area contributed by atoms with E-state index in [1.165, 1.54) is 36.8 Å². The van der Waals surface area contributed by atoms with E-state index >= 15 is 0 Å². The molecule has 1 N–H and O–H groups in total. The third-order valence-corrected chi connectivity index (χ3v) is 2.97. The number of ether oxygens (including phenoxy) is 1. The summed E-state index contributed by atoms with van der Waals surface area (Å²) in [6.07, 6.45) is -3.12. The first-order chi connectivity index (χ1) is 9.79. The van der Waals surface area contributed by atoms with E-state index in [4.69, 9.17) is 0 Å². The van der Waals surface area contributed by atoms with Gasteiger partial charge in [0.15, 0.2) is 0 Å². The largest absolute Gasteiger partial charge is 0.573 e. The van der Waals surface area contributed by atoms with Crippen LogP contribution in [0.15, 0.2) is 36.8 Å². The van der Waals surface area contributed by atoms with Crippen LogP contribution < -0.4 is 4.74 Å². The highest BCUT2D eigenvalue weighted by atomic mass is 19.4. The van der Waals surface area contributed by atoms with Gasteiger partial charge in [-0.25, -0.2) is 4.98 Å². The zero-order valence-corrected chi connectivity index (χ0v) is 11.5. The monoisotopic (exact) mass is 300 g/mol. The number of aliphatic hydroxyl groups excluding tert-OH is 1. The van der Waals surface area contributed by atoms with Gasteiger partial charge in [0.05, 0.1) is 18.2 Å². The molecule has 2 aromatic rings. The van der Waals surface area contributed by atoms with Crippen molar-refractivity contribution in [1.82, 2.24) is 9.55 Å². The molecule has 0 bridgehead atoms. The standard InChI is InChI=1S/C14H15F3N2O2/c1-9(2)19-8-18-7-11(19)13(20)10-5-3-4-6-12(10)21-14(15,16)17/h3-9,13,20H,1-2H3. The summed E-state index contributed by atoms with van der Waals surface area (Å²) in [6, 6.07) is 5.54. The molecular formula is C14H15F3N2O2. The Morgan fingerprint density at radius 2 is 1.90 bits per heavy atom. The smallest absolute Gasteiger partial charge is 0.405 e. The van der Waals surface area contributed by atoms with Crippen LogP contribution in [0.2, 0.25) is 0 Å². The van der Waals surface area contributed by atoms with Crippen molar-refractivity contribution in [3.8, 4) is 5.75 Å². The zero-order chi connectivity index (χ0) is 15.6. The molecule has 0 radical (unpaired) electrons. The molecule has 1 aromatic heterocycles. The average molecular weight is 300 g/mol. The van der Waals surface area contributed by atoms with Crippen LogP contribution >= 0.6 is 0 Å². The van der Waals surface area contributed by atoms with Crippen molar-refractivity contribution in [1.29, 1.82) is 0 Å². The van der Waals surface area contributed by atoms with Crippen molar-refractivity contribution < 1.29 is 23.0 Å². The minimum Gasteiger partial charge on any atom is -0.405 e. The van der Waals surface area contributed by atoms with Crippen LogP contribution in [-0.4, -0.2) is 21.0 Å². The Bertz CT molecular complexity index is 608. The molecule has 0 fully saturated rings. The topological polar surface area (TPSA) is 47.3 Å². The molecule has 1 aromatic carbocycles. The maximum Gasteiger partial charge on any atom is 0.573 e. The van der Waals surface area contributed by atoms with Crippen LogP contribution in [0, 0.1) is 0 Å². The van der Waals surface area contributed by atoms with Gasteiger partial charge in [-0.05, 0) is 19.9 Å². The maximum absolute atomic E-state index is 12.4. The predicted molar refractivity (Wildman–Crippen MR) is 69.8 cm³/mol. The van der Waals surface area contributed by atoms with Crippen LogP contribution in [0.4, 0.5) is 13.2 Å². The SMILES string of the molecule is CC(C)n1cncc1C(O)c1ccccc1OC(F)(F)F. The van der Waals surface area contributed by atoms with E-state index in [1.54, 1.807) is 4.57 Å². The van der Waals surface area contributed by atoms with Gasteiger partial charge < -0.3 is 14.4 Å². The number of alkyl halides is 3. The first-order valence-corrected chi connectivity index (χ1v) is 6.34. The highest BCUT2D eigenvalue weighted by Crippen LogP contribution is 2.33. The molecular weight excluding hydrogens is 285 g/mol. The lowest BCUT2D eigenvalue weighted by Crippen LogP contribution is -2.19. The van der Waals surface area contributed by atoms with Gasteiger partial charge in [-0.2, -0.15) is 0 Å². The summed E-state index contributed by atoms with van der Waals surface area (Å²) >= 11 is 0. The van der Waals surface area contributed by atoms with Gasteiger partial charge in [0.1, 0.15) is 11.9 Å². The molecule has 1 heterocycles. The van der Waals surface area contributed by atoms with Crippen LogP contribution in [0.5, 0.6) is 5.75 Å². The second kappa shape index (κ2) is 5.77. The van der Waals surface area contributed by atoms with Crippen molar-refractivity contribution in [2.45, 2.75) is 32.4 Å². The minimum atomic E-state index is -4.81. The van der Waals surface area contributed by atoms with E-state index < -0.39 is 18.2 Å². The fourth-order valence-electron chi connectivity index (χ4n) is 2.04. The fraction of sp³-hybridized carbons (Fsp3) is 0.357. The molecule has 0 aliphatic carbocycles. The highest BCUT2D eigenvalue weighted by Gasteiger charge is 2.33. The molecule has 1 unspecified atom stereocenters. The zero-order valence-electron chi connectivity index (χ0n) is 11.5. The fourth-order valence-corrected chi connectivity index (χ4v) is 2.04. The van der Waals surface area contributed by atoms with Crippen molar-refractivity contribution in [2.24, 2.45) is 0 Å². The van der Waals surface area contributed by atoms with Crippen molar-refractivity contribution in [3.63, 3.8) is 0 Å². The number of nitrogens with zero attached hydrogens (tertiary/aromatic N) is 2. The third kappa shape index (κ3) is 3.55. The summed E-state index contributed by atoms with van der Waals surface area (Å²) in [6.45, 7) is 3.77. The van der Waals surface area contributed by atoms with E-state index in [9.17, 15) is 18.3 Å². The Kier molecular flexibility index (Phi) is 4.22. The molecule has 21 heavy (non-hydrogen) atoms. The number of aromatic nitrogens is 2. The summed E-state index contributed by atoms with van der Waals surface area (Å²) in [7, 11) is 0. The Morgan fingerprint density at radius 3 is 2.52 bits per heavy atom. The van der Waals surface area contributed by atoms with Gasteiger partial charge in [-0.1, -0.05) is 18.2 Å². The Hall–Kier alpha value is -2.02. The normalized spacial score (nSPS) is 13.5. The number of para-hydroxylation sites is 1. The Balaban J connectivity index is 2.39. The van der Waals surface area contributed by atoms with Crippen molar-refractivity contribution in [3.05, 3.63) is 48.0 Å². The number of benzene rings is 1. The van der Waals surface area contributed by atoms with E-state index in [-0.39, 0.29) is 11.6 Å². The minimum absolute atomic E-state index is 0.0212. The van der Waals surface area contributed by atoms with E-state index in [0.29, 0.717) is 5.69 Å². The molecule has 0 saturated heterocycles. The Morgan fingerprint density at radius 1 is 1.24 bits per heavy atom. The summed E-state index contributed by atoms with van der Waals surface area (Å²) in [4.78, 5) is 3.93. The van der Waals surface area contributed by atoms with Crippen molar-refractivity contribution >= 4 is 0 Å². The molecule has 0 aliphatic rings. The molecule has 0 saturated carbocycles. The molecule has 4 nitrogen and oxygen atoms in total. The number of aliphatic hydroxyl groups is 1. The van der Waals surface area contributed by atoms with Gasteiger partial charge in [0, 0.05) is 11.6 Å². The summed E-state index contributed by atoms with van der Waals surface area (Å²) < 4.78 is 42.9. The first-order valence-electron chi connectivity index (χ1n) is 6.34. The average Bonchev–Trinajstić information content (AvgIpc) is 2.86. The summed E-state index contributed by atoms with van der Waals surface area (Å²) in [5, 5.41) is 10.4. The molecule has 0 spiro atoms. The molecule has 1 atom stereocenters. The van der Waals surface area contributed by atoms with Crippen LogP contribution in [-0.2, 0) is 0 Å². The van der Waals surface area contributed by atoms with E-state index in [0.717, 1.165) is 0 Å². The van der Waals surface area contributed by atoms with E-state index in [1.807, 2.05) is 13.8 Å². The number of halogens is 3.